The van der Waals surface area contributed by atoms with E-state index >= 15 is 0 Å². The van der Waals surface area contributed by atoms with Crippen molar-refractivity contribution < 1.29 is 9.59 Å². The molecule has 0 unspecified atom stereocenters. The van der Waals surface area contributed by atoms with E-state index in [1.807, 2.05) is 43.5 Å². The van der Waals surface area contributed by atoms with Crippen LogP contribution in [-0.2, 0) is 9.59 Å². The monoisotopic (exact) mass is 389 g/mol. The Morgan fingerprint density at radius 3 is 2.88 bits per heavy atom. The number of carbonyl (C=O) groups excluding carboxylic acids is 2. The van der Waals surface area contributed by atoms with Gasteiger partial charge in [-0.15, -0.1) is 11.3 Å². The average Bonchev–Trinajstić information content (AvgIpc) is 3.17. The van der Waals surface area contributed by atoms with Crippen LogP contribution >= 0.6 is 23.1 Å². The van der Waals surface area contributed by atoms with Gasteiger partial charge in [-0.1, -0.05) is 31.7 Å². The summed E-state index contributed by atoms with van der Waals surface area (Å²) in [4.78, 5) is 32.8. The zero-order valence-electron chi connectivity index (χ0n) is 15.0. The van der Waals surface area contributed by atoms with Gasteiger partial charge in [0.25, 0.3) is 0 Å². The van der Waals surface area contributed by atoms with E-state index in [1.54, 1.807) is 22.4 Å². The summed E-state index contributed by atoms with van der Waals surface area (Å²) < 4.78 is 0. The number of fused-ring (bicyclic) bond motifs is 1. The number of carbonyl (C=O) groups is 2. The zero-order chi connectivity index (χ0) is 18.5. The van der Waals surface area contributed by atoms with Gasteiger partial charge in [-0.05, 0) is 36.4 Å². The molecule has 26 heavy (non-hydrogen) atoms. The van der Waals surface area contributed by atoms with Crippen molar-refractivity contribution in [1.29, 1.82) is 0 Å². The number of amides is 2. The fourth-order valence-corrected chi connectivity index (χ4v) is 5.04. The lowest BCUT2D eigenvalue weighted by Gasteiger charge is -2.32. The Morgan fingerprint density at radius 1 is 1.35 bits per heavy atom. The van der Waals surface area contributed by atoms with Gasteiger partial charge in [-0.2, -0.15) is 0 Å². The van der Waals surface area contributed by atoms with Crippen LogP contribution in [0.5, 0.6) is 0 Å². The number of pyridine rings is 1. The molecule has 138 valence electrons. The van der Waals surface area contributed by atoms with Gasteiger partial charge in [-0.25, -0.2) is 4.98 Å². The van der Waals surface area contributed by atoms with E-state index in [9.17, 15) is 9.59 Å². The summed E-state index contributed by atoms with van der Waals surface area (Å²) in [7, 11) is 0. The number of thioether (sulfide) groups is 1. The van der Waals surface area contributed by atoms with Gasteiger partial charge in [0.2, 0.25) is 11.8 Å². The van der Waals surface area contributed by atoms with Crippen LogP contribution in [0.3, 0.4) is 0 Å². The molecule has 0 spiro atoms. The van der Waals surface area contributed by atoms with Crippen LogP contribution in [0.15, 0.2) is 40.9 Å². The molecule has 0 radical (unpaired) electrons. The third-order valence-corrected chi connectivity index (χ3v) is 6.46. The number of rotatable bonds is 7. The first kappa shape index (κ1) is 18.9. The van der Waals surface area contributed by atoms with Crippen molar-refractivity contribution >= 4 is 40.6 Å². The molecule has 2 atom stereocenters. The third-order valence-electron chi connectivity index (χ3n) is 4.29. The highest BCUT2D eigenvalue weighted by atomic mass is 32.2. The first-order valence-corrected chi connectivity index (χ1v) is 10.7. The van der Waals surface area contributed by atoms with Gasteiger partial charge in [0, 0.05) is 24.0 Å². The largest absolute Gasteiger partial charge is 0.348 e. The minimum absolute atomic E-state index is 0.00308. The lowest BCUT2D eigenvalue weighted by Crippen LogP contribution is -2.44. The molecule has 0 bridgehead atoms. The topological polar surface area (TPSA) is 62.3 Å². The SMILES string of the molecule is CCCN1C(=O)[C@H](CC(=O)N[C@H](CC)c2cccs2)Sc2ncccc21. The summed E-state index contributed by atoms with van der Waals surface area (Å²) in [6.07, 6.45) is 3.58. The van der Waals surface area contributed by atoms with Gasteiger partial charge in [0.15, 0.2) is 0 Å². The number of hydrogen-bond donors (Lipinski definition) is 1. The van der Waals surface area contributed by atoms with E-state index in [1.165, 1.54) is 11.8 Å². The molecular formula is C19H23N3O2S2. The second-order valence-electron chi connectivity index (χ2n) is 6.17. The fourth-order valence-electron chi connectivity index (χ4n) is 3.03. The van der Waals surface area contributed by atoms with Crippen LogP contribution in [0.4, 0.5) is 5.69 Å². The Kier molecular flexibility index (Phi) is 6.32. The van der Waals surface area contributed by atoms with Crippen molar-refractivity contribution in [3.63, 3.8) is 0 Å². The summed E-state index contributed by atoms with van der Waals surface area (Å²) in [5.74, 6) is -0.0939. The number of nitrogens with one attached hydrogen (secondary N) is 1. The smallest absolute Gasteiger partial charge is 0.241 e. The molecule has 1 aliphatic rings. The molecule has 2 amide bonds. The van der Waals surface area contributed by atoms with Crippen LogP contribution in [0.1, 0.15) is 44.0 Å². The molecule has 3 rings (SSSR count). The Labute approximate surface area is 162 Å². The van der Waals surface area contributed by atoms with Crippen LogP contribution in [0.25, 0.3) is 0 Å². The molecule has 0 fully saturated rings. The van der Waals surface area contributed by atoms with Crippen LogP contribution in [0.2, 0.25) is 0 Å². The summed E-state index contributed by atoms with van der Waals surface area (Å²) in [5.41, 5.74) is 0.853. The number of nitrogens with zero attached hydrogens (tertiary/aromatic N) is 2. The minimum atomic E-state index is -0.426. The van der Waals surface area contributed by atoms with Gasteiger partial charge >= 0.3 is 0 Å². The standard InChI is InChI=1S/C19H23N3O2S2/c1-3-10-22-14-7-5-9-20-18(14)26-16(19(22)24)12-17(23)21-13(4-2)15-8-6-11-25-15/h5-9,11,13,16H,3-4,10,12H2,1-2H3,(H,21,23)/t13-,16+/m1/s1. The minimum Gasteiger partial charge on any atom is -0.348 e. The van der Waals surface area contributed by atoms with Crippen LogP contribution < -0.4 is 10.2 Å². The molecular weight excluding hydrogens is 366 g/mol. The van der Waals surface area contributed by atoms with E-state index in [2.05, 4.69) is 10.3 Å². The Balaban J connectivity index is 1.71. The predicted molar refractivity (Wildman–Crippen MR) is 107 cm³/mol. The molecule has 1 aliphatic heterocycles. The molecule has 2 aromatic rings. The maximum absolute atomic E-state index is 12.9. The Bertz CT molecular complexity index is 764. The first-order chi connectivity index (χ1) is 12.6. The molecule has 0 aromatic carbocycles. The molecule has 0 aliphatic carbocycles. The quantitative estimate of drug-likeness (QED) is 0.777. The molecule has 3 heterocycles. The second-order valence-corrected chi connectivity index (χ2v) is 8.34. The van der Waals surface area contributed by atoms with Crippen molar-refractivity contribution in [1.82, 2.24) is 10.3 Å². The Hall–Kier alpha value is -1.86. The summed E-state index contributed by atoms with van der Waals surface area (Å²) >= 11 is 3.03. The number of hydrogen-bond acceptors (Lipinski definition) is 5. The third kappa shape index (κ3) is 4.10. The molecule has 7 heteroatoms. The highest BCUT2D eigenvalue weighted by Gasteiger charge is 2.35. The highest BCUT2D eigenvalue weighted by molar-refractivity contribution is 8.00. The van der Waals surface area contributed by atoms with E-state index in [4.69, 9.17) is 0 Å². The molecule has 2 aromatic heterocycles. The maximum Gasteiger partial charge on any atom is 0.241 e. The Morgan fingerprint density at radius 2 is 2.19 bits per heavy atom. The molecule has 5 nitrogen and oxygen atoms in total. The van der Waals surface area contributed by atoms with E-state index in [-0.39, 0.29) is 24.3 Å². The van der Waals surface area contributed by atoms with Gasteiger partial charge in [-0.3, -0.25) is 9.59 Å². The van der Waals surface area contributed by atoms with Crippen molar-refractivity contribution in [2.45, 2.75) is 49.4 Å². The van der Waals surface area contributed by atoms with Gasteiger partial charge in [0.05, 0.1) is 17.0 Å². The maximum atomic E-state index is 12.9. The second kappa shape index (κ2) is 8.68. The fraction of sp³-hybridized carbons (Fsp3) is 0.421. The van der Waals surface area contributed by atoms with Crippen molar-refractivity contribution in [2.75, 3.05) is 11.4 Å². The summed E-state index contributed by atoms with van der Waals surface area (Å²) in [5, 5.41) is 5.48. The zero-order valence-corrected chi connectivity index (χ0v) is 16.6. The van der Waals surface area contributed by atoms with E-state index in [0.717, 1.165) is 28.4 Å². The van der Waals surface area contributed by atoms with Gasteiger partial charge in [0.1, 0.15) is 5.03 Å². The average molecular weight is 390 g/mol. The van der Waals surface area contributed by atoms with E-state index < -0.39 is 5.25 Å². The van der Waals surface area contributed by atoms with E-state index in [0.29, 0.717) is 6.54 Å². The van der Waals surface area contributed by atoms with Crippen LogP contribution in [-0.4, -0.2) is 28.6 Å². The molecule has 0 saturated heterocycles. The van der Waals surface area contributed by atoms with Crippen molar-refractivity contribution in [3.05, 3.63) is 40.7 Å². The van der Waals surface area contributed by atoms with Crippen molar-refractivity contribution in [2.24, 2.45) is 0 Å². The molecule has 0 saturated carbocycles. The van der Waals surface area contributed by atoms with Crippen molar-refractivity contribution in [3.8, 4) is 0 Å². The first-order valence-electron chi connectivity index (χ1n) is 8.89. The predicted octanol–water partition coefficient (Wildman–Crippen LogP) is 4.02. The summed E-state index contributed by atoms with van der Waals surface area (Å²) in [6.45, 7) is 4.73. The van der Waals surface area contributed by atoms with Crippen LogP contribution in [0, 0.1) is 0 Å². The number of thiophene rings is 1. The lowest BCUT2D eigenvalue weighted by molar-refractivity contribution is -0.125. The highest BCUT2D eigenvalue weighted by Crippen LogP contribution is 2.38. The summed E-state index contributed by atoms with van der Waals surface area (Å²) in [6, 6.07) is 7.78. The normalized spacial score (nSPS) is 17.7. The van der Waals surface area contributed by atoms with Gasteiger partial charge < -0.3 is 10.2 Å². The molecule has 1 N–H and O–H groups in total. The lowest BCUT2D eigenvalue weighted by atomic mass is 10.1. The number of anilines is 1. The number of aromatic nitrogens is 1.